The van der Waals surface area contributed by atoms with Crippen LogP contribution in [0.2, 0.25) is 0 Å². The van der Waals surface area contributed by atoms with Gasteiger partial charge >= 0.3 is 0 Å². The molecule has 1 aromatic rings. The number of nitrogens with one attached hydrogen (secondary N) is 1. The molecule has 0 saturated carbocycles. The van der Waals surface area contributed by atoms with Gasteiger partial charge < -0.3 is 10.1 Å². The number of ether oxygens (including phenoxy) is 1. The Kier molecular flexibility index (Phi) is 3.20. The highest BCUT2D eigenvalue weighted by atomic mass is 16.5. The molecule has 1 aliphatic rings. The number of allylic oxidation sites excluding steroid dienone is 2. The SMILES string of the molecule is C=CC(=C)C1=C(C=C)Nc2cccc(C=C)c2O1. The van der Waals surface area contributed by atoms with Crippen molar-refractivity contribution >= 4 is 11.8 Å². The highest BCUT2D eigenvalue weighted by molar-refractivity contribution is 5.73. The van der Waals surface area contributed by atoms with E-state index >= 15 is 0 Å². The number of fused-ring (bicyclic) bond motifs is 1. The Labute approximate surface area is 107 Å². The van der Waals surface area contributed by atoms with Crippen molar-refractivity contribution in [1.29, 1.82) is 0 Å². The molecule has 2 heteroatoms. The van der Waals surface area contributed by atoms with Crippen LogP contribution in [0.3, 0.4) is 0 Å². The quantitative estimate of drug-likeness (QED) is 0.789. The summed E-state index contributed by atoms with van der Waals surface area (Å²) < 4.78 is 5.91. The number of benzene rings is 1. The molecule has 0 unspecified atom stereocenters. The molecule has 0 amide bonds. The molecular weight excluding hydrogens is 222 g/mol. The Bertz CT molecular complexity index is 579. The van der Waals surface area contributed by atoms with Gasteiger partial charge in [-0.2, -0.15) is 0 Å². The van der Waals surface area contributed by atoms with E-state index in [1.54, 1.807) is 18.2 Å². The zero-order chi connectivity index (χ0) is 13.1. The summed E-state index contributed by atoms with van der Waals surface area (Å²) in [5.41, 5.74) is 3.32. The predicted octanol–water partition coefficient (Wildman–Crippen LogP) is 4.27. The van der Waals surface area contributed by atoms with Gasteiger partial charge in [0.05, 0.1) is 11.4 Å². The van der Waals surface area contributed by atoms with E-state index in [1.807, 2.05) is 18.2 Å². The van der Waals surface area contributed by atoms with Crippen LogP contribution < -0.4 is 10.1 Å². The zero-order valence-corrected chi connectivity index (χ0v) is 10.2. The minimum Gasteiger partial charge on any atom is -0.452 e. The molecule has 18 heavy (non-hydrogen) atoms. The van der Waals surface area contributed by atoms with E-state index in [9.17, 15) is 0 Å². The Morgan fingerprint density at radius 2 is 1.94 bits per heavy atom. The second kappa shape index (κ2) is 4.80. The van der Waals surface area contributed by atoms with Crippen LogP contribution in [-0.4, -0.2) is 0 Å². The molecule has 1 aromatic carbocycles. The third kappa shape index (κ3) is 1.89. The van der Waals surface area contributed by atoms with Gasteiger partial charge in [0.2, 0.25) is 0 Å². The maximum Gasteiger partial charge on any atom is 0.158 e. The molecule has 2 nitrogen and oxygen atoms in total. The van der Waals surface area contributed by atoms with Gasteiger partial charge in [-0.3, -0.25) is 0 Å². The minimum absolute atomic E-state index is 0.641. The molecule has 1 heterocycles. The van der Waals surface area contributed by atoms with Crippen LogP contribution in [0, 0.1) is 0 Å². The van der Waals surface area contributed by atoms with E-state index < -0.39 is 0 Å². The molecule has 0 radical (unpaired) electrons. The highest BCUT2D eigenvalue weighted by Crippen LogP contribution is 2.38. The van der Waals surface area contributed by atoms with Gasteiger partial charge in [-0.05, 0) is 12.1 Å². The smallest absolute Gasteiger partial charge is 0.158 e. The number of anilines is 1. The maximum atomic E-state index is 5.91. The van der Waals surface area contributed by atoms with Crippen LogP contribution >= 0.6 is 0 Å². The lowest BCUT2D eigenvalue weighted by molar-refractivity contribution is 0.429. The van der Waals surface area contributed by atoms with Gasteiger partial charge in [0.1, 0.15) is 0 Å². The van der Waals surface area contributed by atoms with Crippen LogP contribution in [0.5, 0.6) is 5.75 Å². The van der Waals surface area contributed by atoms with E-state index in [2.05, 4.69) is 31.6 Å². The lowest BCUT2D eigenvalue weighted by Gasteiger charge is -2.25. The van der Waals surface area contributed by atoms with Crippen molar-refractivity contribution in [3.05, 3.63) is 79.3 Å². The van der Waals surface area contributed by atoms with E-state index in [0.29, 0.717) is 11.3 Å². The van der Waals surface area contributed by atoms with Crippen LogP contribution in [0.1, 0.15) is 5.56 Å². The van der Waals surface area contributed by atoms with Crippen molar-refractivity contribution in [3.8, 4) is 5.75 Å². The monoisotopic (exact) mass is 237 g/mol. The normalized spacial score (nSPS) is 12.9. The summed E-state index contributed by atoms with van der Waals surface area (Å²) in [5, 5.41) is 3.27. The molecule has 0 atom stereocenters. The van der Waals surface area contributed by atoms with E-state index in [-0.39, 0.29) is 0 Å². The summed E-state index contributed by atoms with van der Waals surface area (Å²) in [4.78, 5) is 0. The van der Waals surface area contributed by atoms with Crippen LogP contribution in [0.4, 0.5) is 5.69 Å². The molecule has 1 aliphatic heterocycles. The van der Waals surface area contributed by atoms with Crippen molar-refractivity contribution in [1.82, 2.24) is 0 Å². The number of hydrogen-bond donors (Lipinski definition) is 1. The fourth-order valence-corrected chi connectivity index (χ4v) is 1.76. The second-order valence-electron chi connectivity index (χ2n) is 3.83. The van der Waals surface area contributed by atoms with Gasteiger partial charge in [0.25, 0.3) is 0 Å². The number of rotatable bonds is 4. The molecule has 0 aromatic heterocycles. The first-order valence-electron chi connectivity index (χ1n) is 5.60. The molecule has 2 rings (SSSR count). The Hall–Kier alpha value is -2.48. The maximum absolute atomic E-state index is 5.91. The topological polar surface area (TPSA) is 21.3 Å². The third-order valence-corrected chi connectivity index (χ3v) is 2.73. The van der Waals surface area contributed by atoms with Crippen LogP contribution in [0.15, 0.2) is 73.7 Å². The first-order valence-corrected chi connectivity index (χ1v) is 5.60. The molecule has 0 spiro atoms. The van der Waals surface area contributed by atoms with Crippen LogP contribution in [-0.2, 0) is 0 Å². The Morgan fingerprint density at radius 3 is 2.56 bits per heavy atom. The minimum atomic E-state index is 0.641. The van der Waals surface area contributed by atoms with Crippen molar-refractivity contribution in [2.45, 2.75) is 0 Å². The standard InChI is InChI=1S/C16H15NO/c1-5-11(4)15-13(7-3)17-14-10-8-9-12(6-2)16(14)18-15/h5-10,17H,1-4H2. The van der Waals surface area contributed by atoms with Gasteiger partial charge in [0, 0.05) is 11.1 Å². The summed E-state index contributed by atoms with van der Waals surface area (Å²) in [5.74, 6) is 1.39. The average Bonchev–Trinajstić information content (AvgIpc) is 2.44. The molecule has 0 fully saturated rings. The van der Waals surface area contributed by atoms with Crippen molar-refractivity contribution in [3.63, 3.8) is 0 Å². The van der Waals surface area contributed by atoms with Crippen molar-refractivity contribution in [2.75, 3.05) is 5.32 Å². The average molecular weight is 237 g/mol. The molecule has 1 N–H and O–H groups in total. The Balaban J connectivity index is 2.54. The number of hydrogen-bond acceptors (Lipinski definition) is 2. The summed E-state index contributed by atoms with van der Waals surface area (Å²) >= 11 is 0. The molecule has 90 valence electrons. The Morgan fingerprint density at radius 1 is 1.17 bits per heavy atom. The summed E-state index contributed by atoms with van der Waals surface area (Å²) in [7, 11) is 0. The molecule has 0 aliphatic carbocycles. The highest BCUT2D eigenvalue weighted by Gasteiger charge is 2.20. The van der Waals surface area contributed by atoms with E-state index in [1.165, 1.54) is 0 Å². The fraction of sp³-hybridized carbons (Fsp3) is 0. The van der Waals surface area contributed by atoms with E-state index in [4.69, 9.17) is 4.74 Å². The largest absolute Gasteiger partial charge is 0.452 e. The van der Waals surface area contributed by atoms with Crippen molar-refractivity contribution in [2.24, 2.45) is 0 Å². The van der Waals surface area contributed by atoms with E-state index in [0.717, 1.165) is 22.7 Å². The molecule has 0 saturated heterocycles. The zero-order valence-electron chi connectivity index (χ0n) is 10.2. The third-order valence-electron chi connectivity index (χ3n) is 2.73. The summed E-state index contributed by atoms with van der Waals surface area (Å²) in [6.07, 6.45) is 5.11. The predicted molar refractivity (Wildman–Crippen MR) is 77.3 cm³/mol. The van der Waals surface area contributed by atoms with Crippen molar-refractivity contribution < 1.29 is 4.74 Å². The van der Waals surface area contributed by atoms with Crippen LogP contribution in [0.25, 0.3) is 6.08 Å². The lowest BCUT2D eigenvalue weighted by atomic mass is 10.1. The van der Waals surface area contributed by atoms with Gasteiger partial charge in [-0.1, -0.05) is 50.6 Å². The second-order valence-corrected chi connectivity index (χ2v) is 3.83. The summed E-state index contributed by atoms with van der Waals surface area (Å²) in [6.45, 7) is 15.2. The first kappa shape index (κ1) is 12.0. The van der Waals surface area contributed by atoms with Gasteiger partial charge in [0.15, 0.2) is 11.5 Å². The van der Waals surface area contributed by atoms with Gasteiger partial charge in [-0.25, -0.2) is 0 Å². The first-order chi connectivity index (χ1) is 8.71. The fourth-order valence-electron chi connectivity index (χ4n) is 1.76. The number of para-hydroxylation sites is 1. The molecular formula is C16H15NO. The van der Waals surface area contributed by atoms with Gasteiger partial charge in [-0.15, -0.1) is 0 Å². The summed E-state index contributed by atoms with van der Waals surface area (Å²) in [6, 6.07) is 5.83. The molecule has 0 bridgehead atoms. The lowest BCUT2D eigenvalue weighted by Crippen LogP contribution is -2.14.